The van der Waals surface area contributed by atoms with Crippen molar-refractivity contribution in [1.82, 2.24) is 4.57 Å². The zero-order valence-electron chi connectivity index (χ0n) is 11.1. The van der Waals surface area contributed by atoms with E-state index in [9.17, 15) is 9.90 Å². The Balaban J connectivity index is 1.86. The zero-order valence-corrected chi connectivity index (χ0v) is 12.6. The van der Waals surface area contributed by atoms with E-state index in [2.05, 4.69) is 21.2 Å². The van der Waals surface area contributed by atoms with Crippen molar-refractivity contribution in [2.45, 2.75) is 25.8 Å². The summed E-state index contributed by atoms with van der Waals surface area (Å²) >= 11 is 3.42. The monoisotopic (exact) mass is 334 g/mol. The Kier molecular flexibility index (Phi) is 3.30. The van der Waals surface area contributed by atoms with E-state index in [1.165, 1.54) is 0 Å². The van der Waals surface area contributed by atoms with Crippen molar-refractivity contribution >= 4 is 27.5 Å². The summed E-state index contributed by atoms with van der Waals surface area (Å²) in [5.41, 5.74) is 2.21. The molecule has 1 amide bonds. The van der Waals surface area contributed by atoms with Gasteiger partial charge in [-0.25, -0.2) is 0 Å². The lowest BCUT2D eigenvalue weighted by Gasteiger charge is -2.10. The van der Waals surface area contributed by atoms with Crippen LogP contribution in [0.4, 0.5) is 5.69 Å². The molecule has 2 aromatic rings. The van der Waals surface area contributed by atoms with E-state index in [-0.39, 0.29) is 11.7 Å². The lowest BCUT2D eigenvalue weighted by molar-refractivity contribution is 0.101. The first-order valence-electron chi connectivity index (χ1n) is 6.53. The van der Waals surface area contributed by atoms with Gasteiger partial charge in [0.1, 0.15) is 11.4 Å². The standard InChI is InChI=1S/C15H15BrN2O2/c1-9-6-12(19)4-5-13(9)17-15(20)14-7-10(16)8-18(14)11-2-3-11/h4-8,11,19H,2-3H2,1H3,(H,17,20). The highest BCUT2D eigenvalue weighted by atomic mass is 79.9. The van der Waals surface area contributed by atoms with Gasteiger partial charge in [-0.05, 0) is 65.5 Å². The normalized spacial score (nSPS) is 14.3. The number of nitrogens with one attached hydrogen (secondary N) is 1. The fraction of sp³-hybridized carbons (Fsp3) is 0.267. The van der Waals surface area contributed by atoms with Gasteiger partial charge in [0.15, 0.2) is 0 Å². The van der Waals surface area contributed by atoms with Crippen LogP contribution in [-0.4, -0.2) is 15.6 Å². The number of aryl methyl sites for hydroxylation is 1. The molecule has 1 aliphatic carbocycles. The predicted octanol–water partition coefficient (Wildman–Crippen LogP) is 3.85. The topological polar surface area (TPSA) is 54.3 Å². The molecule has 0 aliphatic heterocycles. The van der Waals surface area contributed by atoms with Crippen LogP contribution < -0.4 is 5.32 Å². The molecule has 0 radical (unpaired) electrons. The summed E-state index contributed by atoms with van der Waals surface area (Å²) in [7, 11) is 0. The summed E-state index contributed by atoms with van der Waals surface area (Å²) in [4.78, 5) is 12.4. The summed E-state index contributed by atoms with van der Waals surface area (Å²) < 4.78 is 2.94. The van der Waals surface area contributed by atoms with Gasteiger partial charge in [-0.15, -0.1) is 0 Å². The van der Waals surface area contributed by atoms with Gasteiger partial charge in [0, 0.05) is 22.4 Å². The fourth-order valence-electron chi connectivity index (χ4n) is 2.26. The maximum absolute atomic E-state index is 12.4. The molecular weight excluding hydrogens is 320 g/mol. The van der Waals surface area contributed by atoms with E-state index in [0.29, 0.717) is 17.4 Å². The van der Waals surface area contributed by atoms with Crippen molar-refractivity contribution in [2.24, 2.45) is 0 Å². The minimum Gasteiger partial charge on any atom is -0.508 e. The molecule has 1 aliphatic rings. The van der Waals surface area contributed by atoms with Gasteiger partial charge in [-0.2, -0.15) is 0 Å². The third kappa shape index (κ3) is 2.58. The van der Waals surface area contributed by atoms with E-state index in [0.717, 1.165) is 22.9 Å². The minimum atomic E-state index is -0.128. The molecule has 1 aromatic heterocycles. The average Bonchev–Trinajstić information content (AvgIpc) is 3.16. The number of aromatic nitrogens is 1. The van der Waals surface area contributed by atoms with Gasteiger partial charge in [-0.3, -0.25) is 4.79 Å². The number of anilines is 1. The zero-order chi connectivity index (χ0) is 14.3. The first-order chi connectivity index (χ1) is 9.54. The van der Waals surface area contributed by atoms with Crippen molar-refractivity contribution in [1.29, 1.82) is 0 Å². The Bertz CT molecular complexity index is 675. The Hall–Kier alpha value is -1.75. The maximum Gasteiger partial charge on any atom is 0.272 e. The SMILES string of the molecule is Cc1cc(O)ccc1NC(=O)c1cc(Br)cn1C1CC1. The van der Waals surface area contributed by atoms with Crippen LogP contribution in [0.1, 0.15) is 34.9 Å². The fourth-order valence-corrected chi connectivity index (χ4v) is 2.69. The molecule has 1 aromatic carbocycles. The van der Waals surface area contributed by atoms with Gasteiger partial charge < -0.3 is 15.0 Å². The molecule has 0 spiro atoms. The van der Waals surface area contributed by atoms with E-state index in [1.54, 1.807) is 18.2 Å². The molecular formula is C15H15BrN2O2. The quantitative estimate of drug-likeness (QED) is 0.837. The number of phenols is 1. The largest absolute Gasteiger partial charge is 0.508 e. The molecule has 1 heterocycles. The highest BCUT2D eigenvalue weighted by molar-refractivity contribution is 9.10. The Morgan fingerprint density at radius 3 is 2.80 bits per heavy atom. The first-order valence-corrected chi connectivity index (χ1v) is 7.32. The smallest absolute Gasteiger partial charge is 0.272 e. The van der Waals surface area contributed by atoms with Crippen LogP contribution in [0.3, 0.4) is 0 Å². The number of halogens is 1. The van der Waals surface area contributed by atoms with Crippen LogP contribution in [-0.2, 0) is 0 Å². The molecule has 5 heteroatoms. The predicted molar refractivity (Wildman–Crippen MR) is 81.2 cm³/mol. The van der Waals surface area contributed by atoms with Crippen LogP contribution in [0.5, 0.6) is 5.75 Å². The average molecular weight is 335 g/mol. The van der Waals surface area contributed by atoms with E-state index in [4.69, 9.17) is 0 Å². The Morgan fingerprint density at radius 2 is 2.15 bits per heavy atom. The van der Waals surface area contributed by atoms with Crippen molar-refractivity contribution in [3.63, 3.8) is 0 Å². The van der Waals surface area contributed by atoms with Gasteiger partial charge in [0.05, 0.1) is 0 Å². The van der Waals surface area contributed by atoms with Crippen LogP contribution >= 0.6 is 15.9 Å². The van der Waals surface area contributed by atoms with Crippen molar-refractivity contribution in [2.75, 3.05) is 5.32 Å². The molecule has 0 bridgehead atoms. The number of hydrogen-bond donors (Lipinski definition) is 2. The number of carbonyl (C=O) groups is 1. The summed E-state index contributed by atoms with van der Waals surface area (Å²) in [6, 6.07) is 7.19. The summed E-state index contributed by atoms with van der Waals surface area (Å²) in [6.45, 7) is 1.85. The Morgan fingerprint density at radius 1 is 1.40 bits per heavy atom. The van der Waals surface area contributed by atoms with Crippen LogP contribution in [0, 0.1) is 6.92 Å². The molecule has 104 valence electrons. The molecule has 0 unspecified atom stereocenters. The highest BCUT2D eigenvalue weighted by Crippen LogP contribution is 2.37. The first kappa shape index (κ1) is 13.2. The van der Waals surface area contributed by atoms with Crippen LogP contribution in [0.15, 0.2) is 34.9 Å². The number of amides is 1. The second-order valence-corrected chi connectivity index (χ2v) is 6.05. The molecule has 4 nitrogen and oxygen atoms in total. The van der Waals surface area contributed by atoms with E-state index in [1.807, 2.05) is 23.8 Å². The maximum atomic E-state index is 12.4. The number of aromatic hydroxyl groups is 1. The summed E-state index contributed by atoms with van der Waals surface area (Å²) in [5.74, 6) is 0.0704. The molecule has 2 N–H and O–H groups in total. The third-order valence-electron chi connectivity index (χ3n) is 3.45. The molecule has 1 saturated carbocycles. The van der Waals surface area contributed by atoms with E-state index < -0.39 is 0 Å². The summed E-state index contributed by atoms with van der Waals surface area (Å²) in [5, 5.41) is 12.3. The number of hydrogen-bond acceptors (Lipinski definition) is 2. The number of nitrogens with zero attached hydrogens (tertiary/aromatic N) is 1. The third-order valence-corrected chi connectivity index (χ3v) is 3.88. The molecule has 0 saturated heterocycles. The number of phenolic OH excluding ortho intramolecular Hbond substituents is 1. The van der Waals surface area contributed by atoms with Crippen LogP contribution in [0.2, 0.25) is 0 Å². The molecule has 20 heavy (non-hydrogen) atoms. The minimum absolute atomic E-state index is 0.128. The lowest BCUT2D eigenvalue weighted by Crippen LogP contribution is -2.16. The second-order valence-electron chi connectivity index (χ2n) is 5.14. The van der Waals surface area contributed by atoms with E-state index >= 15 is 0 Å². The number of benzene rings is 1. The highest BCUT2D eigenvalue weighted by Gasteiger charge is 2.27. The lowest BCUT2D eigenvalue weighted by atomic mass is 10.2. The Labute approximate surface area is 125 Å². The van der Waals surface area contributed by atoms with Gasteiger partial charge >= 0.3 is 0 Å². The van der Waals surface area contributed by atoms with Crippen LogP contribution in [0.25, 0.3) is 0 Å². The van der Waals surface area contributed by atoms with Gasteiger partial charge in [0.25, 0.3) is 5.91 Å². The number of rotatable bonds is 3. The second kappa shape index (κ2) is 4.98. The molecule has 1 fully saturated rings. The molecule has 3 rings (SSSR count). The van der Waals surface area contributed by atoms with Crippen molar-refractivity contribution in [3.8, 4) is 5.75 Å². The summed E-state index contributed by atoms with van der Waals surface area (Å²) in [6.07, 6.45) is 4.20. The van der Waals surface area contributed by atoms with Gasteiger partial charge in [-0.1, -0.05) is 0 Å². The van der Waals surface area contributed by atoms with Crippen molar-refractivity contribution < 1.29 is 9.90 Å². The van der Waals surface area contributed by atoms with Crippen molar-refractivity contribution in [3.05, 3.63) is 46.2 Å². The number of carbonyl (C=O) groups excluding carboxylic acids is 1. The molecule has 0 atom stereocenters. The van der Waals surface area contributed by atoms with Gasteiger partial charge in [0.2, 0.25) is 0 Å².